The molecular weight excluding hydrogens is 312 g/mol. The number of thiophene rings is 1. The van der Waals surface area contributed by atoms with E-state index >= 15 is 0 Å². The number of benzene rings is 1. The Morgan fingerprint density at radius 1 is 1.22 bits per heavy atom. The van der Waals surface area contributed by atoms with Gasteiger partial charge in [0.15, 0.2) is 6.61 Å². The summed E-state index contributed by atoms with van der Waals surface area (Å²) in [5, 5.41) is 9.88. The van der Waals surface area contributed by atoms with Crippen molar-refractivity contribution in [3.8, 4) is 0 Å². The number of hydrogen-bond acceptors (Lipinski definition) is 6. The maximum absolute atomic E-state index is 11.7. The van der Waals surface area contributed by atoms with E-state index in [1.807, 2.05) is 36.6 Å². The first kappa shape index (κ1) is 16.7. The van der Waals surface area contributed by atoms with Gasteiger partial charge in [-0.05, 0) is 43.0 Å². The zero-order valence-corrected chi connectivity index (χ0v) is 13.8. The van der Waals surface area contributed by atoms with Crippen molar-refractivity contribution in [2.24, 2.45) is 10.3 Å². The monoisotopic (exact) mass is 330 g/mol. The molecule has 0 aliphatic heterocycles. The predicted molar refractivity (Wildman–Crippen MR) is 93.7 cm³/mol. The Morgan fingerprint density at radius 2 is 1.96 bits per heavy atom. The second kappa shape index (κ2) is 8.09. The van der Waals surface area contributed by atoms with Crippen molar-refractivity contribution in [2.45, 2.75) is 13.8 Å². The molecule has 0 aliphatic rings. The van der Waals surface area contributed by atoms with E-state index in [1.165, 1.54) is 0 Å². The van der Waals surface area contributed by atoms with Crippen LogP contribution >= 0.6 is 11.3 Å². The summed E-state index contributed by atoms with van der Waals surface area (Å²) in [6, 6.07) is 11.1. The summed E-state index contributed by atoms with van der Waals surface area (Å²) in [4.78, 5) is 17.7. The number of rotatable bonds is 6. The van der Waals surface area contributed by atoms with Crippen LogP contribution in [-0.4, -0.2) is 23.9 Å². The molecule has 2 rings (SSSR count). The second-order valence-electron chi connectivity index (χ2n) is 4.78. The van der Waals surface area contributed by atoms with Crippen molar-refractivity contribution in [1.82, 2.24) is 5.43 Å². The lowest BCUT2D eigenvalue weighted by Crippen LogP contribution is -2.23. The number of nitrogen functional groups attached to an aromatic ring is 1. The first-order valence-electron chi connectivity index (χ1n) is 6.95. The molecule has 2 aromatic rings. The van der Waals surface area contributed by atoms with Gasteiger partial charge in [0.25, 0.3) is 5.91 Å². The van der Waals surface area contributed by atoms with Gasteiger partial charge in [0.05, 0.1) is 16.3 Å². The van der Waals surface area contributed by atoms with E-state index < -0.39 is 0 Å². The molecule has 7 heteroatoms. The number of oxime groups is 1. The number of carbonyl (C=O) groups excluding carboxylic acids is 1. The number of amides is 1. The third kappa shape index (κ3) is 5.23. The Bertz CT molecular complexity index is 706. The highest BCUT2D eigenvalue weighted by molar-refractivity contribution is 7.12. The Kier molecular flexibility index (Phi) is 5.87. The highest BCUT2D eigenvalue weighted by atomic mass is 32.1. The molecule has 1 aromatic carbocycles. The molecule has 120 valence electrons. The lowest BCUT2D eigenvalue weighted by Gasteiger charge is -2.03. The molecule has 1 heterocycles. The van der Waals surface area contributed by atoms with Crippen LogP contribution in [0.1, 0.15) is 24.3 Å². The van der Waals surface area contributed by atoms with Crippen molar-refractivity contribution in [1.29, 1.82) is 0 Å². The molecule has 23 heavy (non-hydrogen) atoms. The largest absolute Gasteiger partial charge is 0.399 e. The molecular formula is C16H18N4O2S. The number of nitrogens with two attached hydrogens (primary N) is 1. The van der Waals surface area contributed by atoms with E-state index in [0.717, 1.165) is 16.2 Å². The zero-order chi connectivity index (χ0) is 16.7. The van der Waals surface area contributed by atoms with Crippen LogP contribution in [0.25, 0.3) is 0 Å². The van der Waals surface area contributed by atoms with Crippen LogP contribution in [0.3, 0.4) is 0 Å². The summed E-state index contributed by atoms with van der Waals surface area (Å²) in [7, 11) is 0. The molecule has 0 spiro atoms. The molecule has 0 saturated carbocycles. The zero-order valence-electron chi connectivity index (χ0n) is 12.9. The van der Waals surface area contributed by atoms with E-state index in [-0.39, 0.29) is 12.5 Å². The van der Waals surface area contributed by atoms with E-state index in [4.69, 9.17) is 10.6 Å². The highest BCUT2D eigenvalue weighted by Gasteiger charge is 2.03. The minimum atomic E-state index is -0.373. The molecule has 0 fully saturated rings. The van der Waals surface area contributed by atoms with E-state index in [2.05, 4.69) is 15.7 Å². The normalized spacial score (nSPS) is 12.1. The Hall–Kier alpha value is -2.67. The van der Waals surface area contributed by atoms with E-state index in [9.17, 15) is 4.79 Å². The average Bonchev–Trinajstić information content (AvgIpc) is 3.07. The molecule has 0 radical (unpaired) electrons. The van der Waals surface area contributed by atoms with Crippen molar-refractivity contribution in [2.75, 3.05) is 12.3 Å². The number of hydrazone groups is 1. The minimum absolute atomic E-state index is 0.193. The lowest BCUT2D eigenvalue weighted by atomic mass is 10.1. The van der Waals surface area contributed by atoms with Crippen molar-refractivity contribution in [3.63, 3.8) is 0 Å². The van der Waals surface area contributed by atoms with Crippen molar-refractivity contribution < 1.29 is 9.63 Å². The van der Waals surface area contributed by atoms with Crippen LogP contribution in [-0.2, 0) is 9.63 Å². The molecule has 0 unspecified atom stereocenters. The fraction of sp³-hybridized carbons (Fsp3) is 0.188. The highest BCUT2D eigenvalue weighted by Crippen LogP contribution is 2.09. The smallest absolute Gasteiger partial charge is 0.280 e. The van der Waals surface area contributed by atoms with Gasteiger partial charge in [-0.2, -0.15) is 5.10 Å². The SMILES string of the molecule is C/C(=N/NC(=O)CO/N=C(/C)c1cccs1)c1ccc(N)cc1. The number of carbonyl (C=O) groups is 1. The van der Waals surface area contributed by atoms with Crippen molar-refractivity contribution in [3.05, 3.63) is 52.2 Å². The molecule has 0 saturated heterocycles. The van der Waals surface area contributed by atoms with Crippen molar-refractivity contribution >= 4 is 34.4 Å². The maximum atomic E-state index is 11.7. The maximum Gasteiger partial charge on any atom is 0.280 e. The van der Waals surface area contributed by atoms with E-state index in [0.29, 0.717) is 11.4 Å². The molecule has 6 nitrogen and oxygen atoms in total. The number of nitrogens with one attached hydrogen (secondary N) is 1. The number of hydrogen-bond donors (Lipinski definition) is 2. The summed E-state index contributed by atoms with van der Waals surface area (Å²) in [5.41, 5.74) is 11.0. The van der Waals surface area contributed by atoms with Crippen LogP contribution in [0.4, 0.5) is 5.69 Å². The first-order chi connectivity index (χ1) is 11.1. The van der Waals surface area contributed by atoms with Gasteiger partial charge in [-0.25, -0.2) is 5.43 Å². The fourth-order valence-electron chi connectivity index (χ4n) is 1.68. The number of anilines is 1. The molecule has 1 amide bonds. The Morgan fingerprint density at radius 3 is 2.61 bits per heavy atom. The Labute approximate surface area is 138 Å². The summed E-state index contributed by atoms with van der Waals surface area (Å²) in [5.74, 6) is -0.373. The minimum Gasteiger partial charge on any atom is -0.399 e. The van der Waals surface area contributed by atoms with Gasteiger partial charge < -0.3 is 10.6 Å². The summed E-state index contributed by atoms with van der Waals surface area (Å²) < 4.78 is 0. The number of nitrogens with zero attached hydrogens (tertiary/aromatic N) is 2. The van der Waals surface area contributed by atoms with Gasteiger partial charge in [-0.3, -0.25) is 4.79 Å². The van der Waals surface area contributed by atoms with Gasteiger partial charge in [0, 0.05) is 5.69 Å². The second-order valence-corrected chi connectivity index (χ2v) is 5.73. The van der Waals surface area contributed by atoms with Gasteiger partial charge >= 0.3 is 0 Å². The molecule has 3 N–H and O–H groups in total. The average molecular weight is 330 g/mol. The van der Waals surface area contributed by atoms with Gasteiger partial charge in [-0.15, -0.1) is 11.3 Å². The standard InChI is InChI=1S/C16H18N4O2S/c1-11(13-5-7-14(17)8-6-13)18-19-16(21)10-22-20-12(2)15-4-3-9-23-15/h3-9H,10,17H2,1-2H3,(H,19,21)/b18-11-,20-12-. The lowest BCUT2D eigenvalue weighted by molar-refractivity contribution is -0.125. The van der Waals surface area contributed by atoms with Crippen LogP contribution in [0, 0.1) is 0 Å². The third-order valence-corrected chi connectivity index (χ3v) is 3.93. The van der Waals surface area contributed by atoms with Gasteiger partial charge in [0.2, 0.25) is 0 Å². The van der Waals surface area contributed by atoms with Gasteiger partial charge in [0.1, 0.15) is 0 Å². The van der Waals surface area contributed by atoms with Gasteiger partial charge in [-0.1, -0.05) is 23.4 Å². The quantitative estimate of drug-likeness (QED) is 0.485. The molecule has 1 aromatic heterocycles. The topological polar surface area (TPSA) is 89.1 Å². The molecule has 0 bridgehead atoms. The Balaban J connectivity index is 1.81. The first-order valence-corrected chi connectivity index (χ1v) is 7.83. The van der Waals surface area contributed by atoms with Crippen LogP contribution in [0.15, 0.2) is 52.0 Å². The summed E-state index contributed by atoms with van der Waals surface area (Å²) >= 11 is 1.56. The van der Waals surface area contributed by atoms with Crippen LogP contribution < -0.4 is 11.2 Å². The fourth-order valence-corrected chi connectivity index (χ4v) is 2.35. The van der Waals surface area contributed by atoms with Crippen LogP contribution in [0.5, 0.6) is 0 Å². The predicted octanol–water partition coefficient (Wildman–Crippen LogP) is 2.61. The van der Waals surface area contributed by atoms with E-state index in [1.54, 1.807) is 30.4 Å². The summed E-state index contributed by atoms with van der Waals surface area (Å²) in [6.07, 6.45) is 0. The van der Waals surface area contributed by atoms with Crippen LogP contribution in [0.2, 0.25) is 0 Å². The summed E-state index contributed by atoms with van der Waals surface area (Å²) in [6.45, 7) is 3.43. The molecule has 0 aliphatic carbocycles. The molecule has 0 atom stereocenters. The third-order valence-electron chi connectivity index (χ3n) is 2.95.